The fourth-order valence-electron chi connectivity index (χ4n) is 1.36. The predicted octanol–water partition coefficient (Wildman–Crippen LogP) is -0.265. The summed E-state index contributed by atoms with van der Waals surface area (Å²) in [6.07, 6.45) is 4.01. The lowest BCUT2D eigenvalue weighted by molar-refractivity contribution is 0.594. The number of sulfonamides is 1. The monoisotopic (exact) mass is 256 g/mol. The second-order valence-electron chi connectivity index (χ2n) is 3.40. The lowest BCUT2D eigenvalue weighted by atomic mass is 10.5. The highest BCUT2D eigenvalue weighted by atomic mass is 32.2. The summed E-state index contributed by atoms with van der Waals surface area (Å²) in [5.41, 5.74) is 0.451. The normalized spacial score (nSPS) is 11.6. The number of nitrogens with one attached hydrogen (secondary N) is 1. The molecule has 2 aromatic heterocycles. The van der Waals surface area contributed by atoms with Gasteiger partial charge < -0.3 is 0 Å². The van der Waals surface area contributed by atoms with Crippen molar-refractivity contribution in [2.24, 2.45) is 0 Å². The molecule has 0 amide bonds. The van der Waals surface area contributed by atoms with Gasteiger partial charge in [-0.2, -0.15) is 13.5 Å². The zero-order chi connectivity index (χ0) is 12.5. The van der Waals surface area contributed by atoms with Gasteiger partial charge in [0.25, 0.3) is 10.0 Å². The number of aryl methyl sites for hydroxylation is 2. The number of hydrogen-bond donors (Lipinski definition) is 1. The average molecular weight is 256 g/mol. The van der Waals surface area contributed by atoms with Crippen LogP contribution in [-0.4, -0.2) is 33.1 Å². The van der Waals surface area contributed by atoms with Gasteiger partial charge in [-0.1, -0.05) is 0 Å². The van der Waals surface area contributed by atoms with E-state index in [0.717, 1.165) is 4.68 Å². The maximum Gasteiger partial charge on any atom is 0.278 e. The Balaban J connectivity index is 2.34. The second kappa shape index (κ2) is 4.17. The van der Waals surface area contributed by atoms with Crippen molar-refractivity contribution in [3.05, 3.63) is 24.5 Å². The molecule has 0 aromatic carbocycles. The quantitative estimate of drug-likeness (QED) is 0.813. The summed E-state index contributed by atoms with van der Waals surface area (Å²) in [5.74, 6) is 0. The van der Waals surface area contributed by atoms with E-state index in [9.17, 15) is 8.42 Å². The Morgan fingerprint density at radius 2 is 2.00 bits per heavy atom. The van der Waals surface area contributed by atoms with Crippen molar-refractivity contribution in [3.8, 4) is 0 Å². The zero-order valence-corrected chi connectivity index (χ0v) is 10.2. The zero-order valence-electron chi connectivity index (χ0n) is 9.40. The maximum absolute atomic E-state index is 12.0. The Morgan fingerprint density at radius 3 is 2.53 bits per heavy atom. The first kappa shape index (κ1) is 11.6. The summed E-state index contributed by atoms with van der Waals surface area (Å²) in [7, 11) is -3.65. The summed E-state index contributed by atoms with van der Waals surface area (Å²) in [4.78, 5) is 2.45. The average Bonchev–Trinajstić information content (AvgIpc) is 2.86. The van der Waals surface area contributed by atoms with Gasteiger partial charge in [-0.25, -0.2) is 9.51 Å². The van der Waals surface area contributed by atoms with Crippen LogP contribution in [0.3, 0.4) is 0 Å². The second-order valence-corrected chi connectivity index (χ2v) is 5.03. The molecule has 9 heteroatoms. The molecule has 0 atom stereocenters. The number of nitrogens with zero attached hydrogens (tertiary/aromatic N) is 5. The van der Waals surface area contributed by atoms with Crippen molar-refractivity contribution in [3.63, 3.8) is 0 Å². The van der Waals surface area contributed by atoms with Gasteiger partial charge in [-0.05, 0) is 13.8 Å². The van der Waals surface area contributed by atoms with Gasteiger partial charge in [-0.15, -0.1) is 10.2 Å². The maximum atomic E-state index is 12.0. The molecule has 1 N–H and O–H groups in total. The van der Waals surface area contributed by atoms with Gasteiger partial charge >= 0.3 is 0 Å². The van der Waals surface area contributed by atoms with Gasteiger partial charge in [0.15, 0.2) is 0 Å². The Hall–Kier alpha value is -1.90. The third-order valence-corrected chi connectivity index (χ3v) is 3.59. The van der Waals surface area contributed by atoms with Crippen molar-refractivity contribution < 1.29 is 8.42 Å². The standard InChI is InChI=1S/C8H12N6O2S/c1-3-13-4-8(7(2)11-13)17(15,16)12-14-5-9-10-6-14/h4-6,12H,3H2,1-2H3. The van der Waals surface area contributed by atoms with Gasteiger partial charge in [-0.3, -0.25) is 4.68 Å². The van der Waals surface area contributed by atoms with Crippen molar-refractivity contribution in [2.45, 2.75) is 25.3 Å². The minimum atomic E-state index is -3.65. The summed E-state index contributed by atoms with van der Waals surface area (Å²) in [5, 5.41) is 11.1. The van der Waals surface area contributed by atoms with E-state index in [1.807, 2.05) is 6.92 Å². The number of rotatable bonds is 4. The SMILES string of the molecule is CCn1cc(S(=O)(=O)Nn2cnnc2)c(C)n1. The molecule has 2 heterocycles. The van der Waals surface area contributed by atoms with Crippen LogP contribution in [0, 0.1) is 6.92 Å². The molecule has 0 saturated heterocycles. The van der Waals surface area contributed by atoms with Gasteiger partial charge in [0.05, 0.1) is 5.69 Å². The summed E-state index contributed by atoms with van der Waals surface area (Å²) in [6.45, 7) is 4.14. The Kier molecular flexibility index (Phi) is 2.84. The smallest absolute Gasteiger partial charge is 0.271 e. The van der Waals surface area contributed by atoms with E-state index in [-0.39, 0.29) is 4.90 Å². The first-order chi connectivity index (χ1) is 8.03. The van der Waals surface area contributed by atoms with E-state index >= 15 is 0 Å². The van der Waals surface area contributed by atoms with Crippen LogP contribution in [0.4, 0.5) is 0 Å². The Labute approximate surface area is 98.3 Å². The predicted molar refractivity (Wildman–Crippen MR) is 59.2 cm³/mol. The fourth-order valence-corrected chi connectivity index (χ4v) is 2.52. The van der Waals surface area contributed by atoms with Crippen LogP contribution in [0.1, 0.15) is 12.6 Å². The van der Waals surface area contributed by atoms with Gasteiger partial charge in [0, 0.05) is 12.7 Å². The van der Waals surface area contributed by atoms with Crippen LogP contribution in [0.25, 0.3) is 0 Å². The minimum absolute atomic E-state index is 0.146. The van der Waals surface area contributed by atoms with Crippen LogP contribution in [0.2, 0.25) is 0 Å². The molecule has 0 aliphatic heterocycles. The number of hydrogen-bond acceptors (Lipinski definition) is 5. The summed E-state index contributed by atoms with van der Waals surface area (Å²) < 4.78 is 26.7. The van der Waals surface area contributed by atoms with Gasteiger partial charge in [0.2, 0.25) is 0 Å². The van der Waals surface area contributed by atoms with E-state index in [1.165, 1.54) is 18.9 Å². The van der Waals surface area contributed by atoms with Crippen molar-refractivity contribution in [2.75, 3.05) is 4.83 Å². The van der Waals surface area contributed by atoms with Crippen LogP contribution < -0.4 is 4.83 Å². The molecule has 0 aliphatic carbocycles. The topological polar surface area (TPSA) is 94.7 Å². The third-order valence-electron chi connectivity index (χ3n) is 2.16. The van der Waals surface area contributed by atoms with E-state index in [2.05, 4.69) is 20.1 Å². The molecule has 0 aliphatic rings. The molecule has 0 fully saturated rings. The van der Waals surface area contributed by atoms with E-state index in [1.54, 1.807) is 11.6 Å². The summed E-state index contributed by atoms with van der Waals surface area (Å²) in [6, 6.07) is 0. The Bertz CT molecular complexity index is 600. The van der Waals surface area contributed by atoms with Crippen molar-refractivity contribution in [1.82, 2.24) is 24.7 Å². The molecule has 92 valence electrons. The van der Waals surface area contributed by atoms with E-state index in [0.29, 0.717) is 12.2 Å². The molecular weight excluding hydrogens is 244 g/mol. The van der Waals surface area contributed by atoms with Crippen molar-refractivity contribution in [1.29, 1.82) is 0 Å². The molecule has 0 radical (unpaired) electrons. The summed E-state index contributed by atoms with van der Waals surface area (Å²) >= 11 is 0. The van der Waals surface area contributed by atoms with Crippen LogP contribution in [0.15, 0.2) is 23.7 Å². The molecule has 17 heavy (non-hydrogen) atoms. The fraction of sp³-hybridized carbons (Fsp3) is 0.375. The van der Waals surface area contributed by atoms with E-state index < -0.39 is 10.0 Å². The van der Waals surface area contributed by atoms with Crippen LogP contribution in [0.5, 0.6) is 0 Å². The molecule has 0 saturated carbocycles. The molecular formula is C8H12N6O2S. The highest BCUT2D eigenvalue weighted by Gasteiger charge is 2.20. The highest BCUT2D eigenvalue weighted by Crippen LogP contribution is 2.13. The lowest BCUT2D eigenvalue weighted by Crippen LogP contribution is -2.22. The first-order valence-electron chi connectivity index (χ1n) is 4.94. The number of aromatic nitrogens is 5. The third kappa shape index (κ3) is 2.28. The Morgan fingerprint density at radius 1 is 1.35 bits per heavy atom. The van der Waals surface area contributed by atoms with Gasteiger partial charge in [0.1, 0.15) is 17.6 Å². The molecule has 0 unspecified atom stereocenters. The lowest BCUT2D eigenvalue weighted by Gasteiger charge is -2.05. The molecule has 0 bridgehead atoms. The molecule has 2 aromatic rings. The minimum Gasteiger partial charge on any atom is -0.271 e. The largest absolute Gasteiger partial charge is 0.278 e. The van der Waals surface area contributed by atoms with Crippen molar-refractivity contribution >= 4 is 10.0 Å². The van der Waals surface area contributed by atoms with E-state index in [4.69, 9.17) is 0 Å². The highest BCUT2D eigenvalue weighted by molar-refractivity contribution is 7.92. The molecule has 0 spiro atoms. The first-order valence-corrected chi connectivity index (χ1v) is 6.42. The molecule has 8 nitrogen and oxygen atoms in total. The molecule has 2 rings (SSSR count). The van der Waals surface area contributed by atoms with Crippen LogP contribution in [-0.2, 0) is 16.6 Å². The van der Waals surface area contributed by atoms with Crippen LogP contribution >= 0.6 is 0 Å².